The van der Waals surface area contributed by atoms with E-state index in [1.54, 1.807) is 0 Å². The Morgan fingerprint density at radius 2 is 0.673 bits per heavy atom. The molecule has 0 unspecified atom stereocenters. The fourth-order valence-electron chi connectivity index (χ4n) is 6.72. The van der Waals surface area contributed by atoms with Crippen LogP contribution in [-0.4, -0.2) is 11.6 Å². The van der Waals surface area contributed by atoms with E-state index in [9.17, 15) is 9.59 Å². The maximum Gasteiger partial charge on any atom is 0.108 e. The zero-order valence-corrected chi connectivity index (χ0v) is 33.5. The van der Waals surface area contributed by atoms with Crippen LogP contribution in [0.25, 0.3) is 0 Å². The summed E-state index contributed by atoms with van der Waals surface area (Å²) in [7, 11) is 0. The summed E-state index contributed by atoms with van der Waals surface area (Å²) >= 11 is 0. The first kappa shape index (κ1) is 47.6. The molecule has 0 atom stereocenters. The Labute approximate surface area is 316 Å². The van der Waals surface area contributed by atoms with Crippen LogP contribution in [0.5, 0.6) is 0 Å². The summed E-state index contributed by atoms with van der Waals surface area (Å²) in [6.07, 6.45) is 42.5. The molecule has 0 aliphatic heterocycles. The summed E-state index contributed by atoms with van der Waals surface area (Å²) in [5, 5.41) is 0. The van der Waals surface area contributed by atoms with E-state index in [0.29, 0.717) is 11.6 Å². The quantitative estimate of drug-likeness (QED) is 0.0312. The fourth-order valence-corrected chi connectivity index (χ4v) is 6.72. The Balaban J connectivity index is 0.000000922. The number of ketones is 2. The van der Waals surface area contributed by atoms with Crippen LogP contribution in [0.15, 0.2) is 48.5 Å². The molecule has 0 aliphatic rings. The van der Waals surface area contributed by atoms with Gasteiger partial charge in [-0.2, -0.15) is 12.1 Å². The van der Waals surface area contributed by atoms with Crippen molar-refractivity contribution in [3.63, 3.8) is 0 Å². The third-order valence-electron chi connectivity index (χ3n) is 9.98. The van der Waals surface area contributed by atoms with Crippen LogP contribution in [0.3, 0.4) is 0 Å². The van der Waals surface area contributed by atoms with E-state index in [-0.39, 0.29) is 17.1 Å². The normalized spacial score (nSPS) is 10.8. The largest absolute Gasteiger partial charge is 0.718 e. The minimum absolute atomic E-state index is 0. The predicted octanol–water partition coefficient (Wildman–Crippen LogP) is 15.7. The van der Waals surface area contributed by atoms with Gasteiger partial charge < -0.3 is 39.4 Å². The number of unbranched alkanes of at least 4 members (excludes halogenated alkanes) is 28. The van der Waals surface area contributed by atoms with Crippen LogP contribution in [0.2, 0.25) is 0 Å². The van der Waals surface area contributed by atoms with E-state index < -0.39 is 0 Å². The van der Waals surface area contributed by atoms with Gasteiger partial charge in [0.1, 0.15) is 5.78 Å². The minimum Gasteiger partial charge on any atom is -0.718 e. The van der Waals surface area contributed by atoms with Crippen molar-refractivity contribution < 1.29 is 26.7 Å². The van der Waals surface area contributed by atoms with Crippen LogP contribution >= 0.6 is 0 Å². The van der Waals surface area contributed by atoms with Crippen LogP contribution < -0.4 is 0 Å². The van der Waals surface area contributed by atoms with Gasteiger partial charge in [0.25, 0.3) is 0 Å². The molecule has 2 aromatic carbocycles. The summed E-state index contributed by atoms with van der Waals surface area (Å²) in [5.41, 5.74) is 1.78. The smallest absolute Gasteiger partial charge is 0.108 e. The molecule has 0 aliphatic carbocycles. The van der Waals surface area contributed by atoms with Gasteiger partial charge in [-0.15, -0.1) is 6.42 Å². The summed E-state index contributed by atoms with van der Waals surface area (Å²) in [6, 6.07) is 15.5. The zero-order chi connectivity index (χ0) is 34.6. The monoisotopic (exact) mass is 719 g/mol. The molecule has 0 aromatic heterocycles. The zero-order valence-electron chi connectivity index (χ0n) is 32.4. The molecule has 0 bridgehead atoms. The Morgan fingerprint density at radius 3 is 0.980 bits per heavy atom. The van der Waals surface area contributed by atoms with E-state index in [1.165, 1.54) is 180 Å². The van der Waals surface area contributed by atoms with Crippen molar-refractivity contribution in [3.8, 4) is 0 Å². The third kappa shape index (κ3) is 31.1. The van der Waals surface area contributed by atoms with Gasteiger partial charge in [0, 0.05) is 17.1 Å². The molecule has 2 nitrogen and oxygen atoms in total. The van der Waals surface area contributed by atoms with Crippen molar-refractivity contribution in [2.24, 2.45) is 0 Å². The second kappa shape index (κ2) is 37.8. The number of hydrogen-bond acceptors (Lipinski definition) is 2. The number of rotatable bonds is 34. The number of carbonyl (C=O) groups excluding carboxylic acids is 2. The molecule has 0 saturated heterocycles. The summed E-state index contributed by atoms with van der Waals surface area (Å²) in [4.78, 5) is 23.7. The van der Waals surface area contributed by atoms with Gasteiger partial charge in [-0.3, -0.25) is 5.78 Å². The first-order valence-corrected chi connectivity index (χ1v) is 21.2. The molecule has 49 heavy (non-hydrogen) atoms. The van der Waals surface area contributed by atoms with Gasteiger partial charge in [-0.05, 0) is 12.8 Å². The first-order chi connectivity index (χ1) is 23.7. The molecular weight excluding hydrogens is 640 g/mol. The van der Waals surface area contributed by atoms with Gasteiger partial charge in [-0.1, -0.05) is 206 Å². The predicted molar refractivity (Wildman–Crippen MR) is 212 cm³/mol. The van der Waals surface area contributed by atoms with Crippen LogP contribution in [0.4, 0.5) is 0 Å². The van der Waals surface area contributed by atoms with Gasteiger partial charge in [0.15, 0.2) is 0 Å². The molecule has 2 aromatic rings. The number of carbonyl (C=O) groups is 2. The number of Topliss-reactive ketones (excluding diaryl/α,β-unsaturated/α-hetero) is 2. The molecule has 0 saturated carbocycles. The Bertz CT molecular complexity index is 837. The topological polar surface area (TPSA) is 34.1 Å². The maximum atomic E-state index is 11.8. The van der Waals surface area contributed by atoms with Gasteiger partial charge in [-0.25, -0.2) is 12.1 Å². The van der Waals surface area contributed by atoms with Crippen LogP contribution in [-0.2, 0) is 17.1 Å². The number of hydrogen-bond donors (Lipinski definition) is 0. The third-order valence-corrected chi connectivity index (χ3v) is 9.98. The van der Waals surface area contributed by atoms with E-state index in [0.717, 1.165) is 36.8 Å². The average Bonchev–Trinajstić information content (AvgIpc) is 3.84. The second-order valence-electron chi connectivity index (χ2n) is 14.6. The molecule has 2 rings (SSSR count). The summed E-state index contributed by atoms with van der Waals surface area (Å²) < 4.78 is 0. The molecule has 0 spiro atoms. The van der Waals surface area contributed by atoms with Crippen molar-refractivity contribution >= 4 is 11.6 Å². The Kier molecular flexibility index (Phi) is 36.7. The van der Waals surface area contributed by atoms with Crippen molar-refractivity contribution in [1.82, 2.24) is 0 Å². The first-order valence-electron chi connectivity index (χ1n) is 21.2. The minimum atomic E-state index is 0. The fraction of sp³-hybridized carbons (Fsp3) is 0.739. The van der Waals surface area contributed by atoms with Crippen molar-refractivity contribution in [2.75, 3.05) is 0 Å². The maximum absolute atomic E-state index is 11.8. The van der Waals surface area contributed by atoms with Crippen molar-refractivity contribution in [2.45, 2.75) is 219 Å². The SMILES string of the molecule is CCCCCCCCCCCCCCCCCC(=O)[c-]1[cH-][cH-][cH-][cH-]1.CCCCCCCCCCCCCCCCCC(=O)[c-]1cccc1.[Fe]. The second-order valence-corrected chi connectivity index (χ2v) is 14.6. The van der Waals surface area contributed by atoms with E-state index in [4.69, 9.17) is 0 Å². The molecule has 0 fully saturated rings. The Morgan fingerprint density at radius 1 is 0.408 bits per heavy atom. The average molecular weight is 719 g/mol. The summed E-state index contributed by atoms with van der Waals surface area (Å²) in [5.74, 6) is 0.629. The molecular formula is C46H78FeO2-6. The molecule has 288 valence electrons. The Hall–Kier alpha value is -1.44. The standard InChI is InChI=1S/2C23H39O.Fe/c2*1-2-3-4-5-6-7-8-9-10-11-12-13-14-15-16-21-23(24)22-19-17-18-20-22;/h2*17-20H,2-16,21H2,1H3;/q-5;-1;. The summed E-state index contributed by atoms with van der Waals surface area (Å²) in [6.45, 7) is 4.56. The van der Waals surface area contributed by atoms with Crippen molar-refractivity contribution in [3.05, 3.63) is 59.7 Å². The van der Waals surface area contributed by atoms with E-state index >= 15 is 0 Å². The van der Waals surface area contributed by atoms with Gasteiger partial charge in [0.05, 0.1) is 0 Å². The van der Waals surface area contributed by atoms with E-state index in [2.05, 4.69) is 13.8 Å². The molecule has 3 heteroatoms. The molecule has 0 N–H and O–H groups in total. The van der Waals surface area contributed by atoms with Gasteiger partial charge in [0.2, 0.25) is 0 Å². The molecule has 0 heterocycles. The van der Waals surface area contributed by atoms with Crippen molar-refractivity contribution in [1.29, 1.82) is 0 Å². The van der Waals surface area contributed by atoms with E-state index in [1.807, 2.05) is 48.5 Å². The molecule has 0 radical (unpaired) electrons. The van der Waals surface area contributed by atoms with Gasteiger partial charge >= 0.3 is 0 Å². The van der Waals surface area contributed by atoms with Crippen LogP contribution in [0, 0.1) is 0 Å². The molecule has 0 amide bonds. The van der Waals surface area contributed by atoms with Crippen LogP contribution in [0.1, 0.15) is 240 Å².